The van der Waals surface area contributed by atoms with Crippen LogP contribution in [-0.2, 0) is 9.59 Å². The summed E-state index contributed by atoms with van der Waals surface area (Å²) in [4.78, 5) is 36.4. The van der Waals surface area contributed by atoms with E-state index in [1.54, 1.807) is 50.2 Å². The first-order valence-corrected chi connectivity index (χ1v) is 12.8. The molecule has 3 aromatic rings. The second kappa shape index (κ2) is 13.3. The van der Waals surface area contributed by atoms with E-state index < -0.39 is 28.9 Å². The number of hydrogen-bond acceptors (Lipinski definition) is 7. The fourth-order valence-corrected chi connectivity index (χ4v) is 4.03. The highest BCUT2D eigenvalue weighted by molar-refractivity contribution is 6.35. The number of benzene rings is 2. The summed E-state index contributed by atoms with van der Waals surface area (Å²) in [5.74, 6) is 0.0828. The van der Waals surface area contributed by atoms with Crippen LogP contribution in [0.4, 0.5) is 5.69 Å². The minimum Gasteiger partial charge on any atom is -0.479 e. The highest BCUT2D eigenvalue weighted by atomic mass is 35.5. The Morgan fingerprint density at radius 1 is 1.10 bits per heavy atom. The molecule has 3 rings (SSSR count). The normalized spacial score (nSPS) is 12.8. The van der Waals surface area contributed by atoms with Gasteiger partial charge in [-0.15, -0.1) is 0 Å². The number of halogens is 2. The van der Waals surface area contributed by atoms with Gasteiger partial charge in [0, 0.05) is 22.2 Å². The lowest BCUT2D eigenvalue weighted by Crippen LogP contribution is -2.49. The minimum atomic E-state index is -0.936. The van der Waals surface area contributed by atoms with Gasteiger partial charge in [-0.05, 0) is 56.5 Å². The molecule has 0 spiro atoms. The van der Waals surface area contributed by atoms with Crippen molar-refractivity contribution in [2.24, 2.45) is 11.0 Å². The summed E-state index contributed by atoms with van der Waals surface area (Å²) >= 11 is 12.0. The first-order valence-electron chi connectivity index (χ1n) is 12.0. The van der Waals surface area contributed by atoms with Crippen LogP contribution in [0.15, 0.2) is 58.0 Å². The lowest BCUT2D eigenvalue weighted by Gasteiger charge is -2.22. The number of aryl methyl sites for hydroxylation is 1. The van der Waals surface area contributed by atoms with Crippen molar-refractivity contribution in [3.8, 4) is 17.1 Å². The van der Waals surface area contributed by atoms with Crippen molar-refractivity contribution in [2.45, 2.75) is 46.3 Å². The van der Waals surface area contributed by atoms with Crippen molar-refractivity contribution in [3.05, 3.63) is 80.0 Å². The SMILES string of the molecule is Cc1ccc(-c2ccc(/C=N\NC(=O)[C@@H](CC(C)C)NC(=O)[C@@H](C)Oc3ccc(Cl)cc3Cl)o2)cc1[N+](=O)[O-]. The quantitative estimate of drug-likeness (QED) is 0.166. The molecule has 1 heterocycles. The molecule has 12 heteroatoms. The summed E-state index contributed by atoms with van der Waals surface area (Å²) in [6.45, 7) is 7.04. The third-order valence-electron chi connectivity index (χ3n) is 5.59. The molecule has 0 aliphatic heterocycles. The Bertz CT molecular complexity index is 1390. The first-order chi connectivity index (χ1) is 18.4. The maximum absolute atomic E-state index is 12.8. The summed E-state index contributed by atoms with van der Waals surface area (Å²) in [6.07, 6.45) is 0.722. The molecule has 10 nitrogen and oxygen atoms in total. The summed E-state index contributed by atoms with van der Waals surface area (Å²) in [6, 6.07) is 11.8. The molecule has 2 N–H and O–H groups in total. The Hall–Kier alpha value is -3.89. The fourth-order valence-electron chi connectivity index (χ4n) is 3.58. The van der Waals surface area contributed by atoms with E-state index in [0.29, 0.717) is 34.1 Å². The molecule has 206 valence electrons. The predicted molar refractivity (Wildman–Crippen MR) is 149 cm³/mol. The third-order valence-corrected chi connectivity index (χ3v) is 6.12. The van der Waals surface area contributed by atoms with E-state index in [4.69, 9.17) is 32.4 Å². The largest absolute Gasteiger partial charge is 0.479 e. The number of carbonyl (C=O) groups is 2. The van der Waals surface area contributed by atoms with Gasteiger partial charge in [0.25, 0.3) is 17.5 Å². The molecular weight excluding hydrogens is 547 g/mol. The number of nitrogens with one attached hydrogen (secondary N) is 2. The zero-order valence-corrected chi connectivity index (χ0v) is 23.2. The number of hydrazone groups is 1. The van der Waals surface area contributed by atoms with Crippen LogP contribution in [0.1, 0.15) is 38.5 Å². The van der Waals surface area contributed by atoms with Gasteiger partial charge in [0.05, 0.1) is 16.2 Å². The lowest BCUT2D eigenvalue weighted by atomic mass is 10.0. The van der Waals surface area contributed by atoms with Gasteiger partial charge in [0.1, 0.15) is 23.3 Å². The van der Waals surface area contributed by atoms with Crippen LogP contribution >= 0.6 is 23.2 Å². The number of carbonyl (C=O) groups excluding carboxylic acids is 2. The summed E-state index contributed by atoms with van der Waals surface area (Å²) in [5.41, 5.74) is 3.48. The molecule has 2 aromatic carbocycles. The monoisotopic (exact) mass is 574 g/mol. The van der Waals surface area contributed by atoms with Crippen LogP contribution in [0.2, 0.25) is 10.0 Å². The van der Waals surface area contributed by atoms with Gasteiger partial charge in [-0.2, -0.15) is 5.10 Å². The maximum atomic E-state index is 12.8. The van der Waals surface area contributed by atoms with E-state index in [2.05, 4.69) is 15.8 Å². The first kappa shape index (κ1) is 29.7. The minimum absolute atomic E-state index is 0.0133. The molecule has 0 aliphatic carbocycles. The van der Waals surface area contributed by atoms with Crippen molar-refractivity contribution < 1.29 is 23.7 Å². The summed E-state index contributed by atoms with van der Waals surface area (Å²) in [7, 11) is 0. The number of amides is 2. The number of hydrogen-bond donors (Lipinski definition) is 2. The molecule has 2 amide bonds. The van der Waals surface area contributed by atoms with Crippen molar-refractivity contribution in [1.29, 1.82) is 0 Å². The van der Waals surface area contributed by atoms with E-state index in [-0.39, 0.29) is 22.4 Å². The van der Waals surface area contributed by atoms with Crippen LogP contribution in [0.3, 0.4) is 0 Å². The molecule has 0 saturated heterocycles. The standard InChI is InChI=1S/C27H28Cl2N4O6/c1-15(2)11-22(31-26(34)17(4)38-25-9-7-19(28)13-21(25)29)27(35)32-30-14-20-8-10-24(39-20)18-6-5-16(3)23(12-18)33(36)37/h5-10,12-15,17,22H,11H2,1-4H3,(H,31,34)(H,32,35)/b30-14-/t17-,22-/m1/s1. The highest BCUT2D eigenvalue weighted by Crippen LogP contribution is 2.29. The number of furan rings is 1. The van der Waals surface area contributed by atoms with E-state index in [1.165, 1.54) is 18.3 Å². The van der Waals surface area contributed by atoms with Crippen LogP contribution < -0.4 is 15.5 Å². The Morgan fingerprint density at radius 3 is 2.51 bits per heavy atom. The van der Waals surface area contributed by atoms with Crippen LogP contribution in [-0.4, -0.2) is 35.1 Å². The molecule has 2 atom stereocenters. The molecule has 39 heavy (non-hydrogen) atoms. The summed E-state index contributed by atoms with van der Waals surface area (Å²) < 4.78 is 11.3. The number of rotatable bonds is 11. The third kappa shape index (κ3) is 8.30. The fraction of sp³-hybridized carbons (Fsp3) is 0.296. The van der Waals surface area contributed by atoms with E-state index in [0.717, 1.165) is 0 Å². The van der Waals surface area contributed by atoms with Crippen LogP contribution in [0, 0.1) is 23.0 Å². The zero-order valence-electron chi connectivity index (χ0n) is 21.7. The van der Waals surface area contributed by atoms with E-state index in [1.807, 2.05) is 13.8 Å². The number of nitro groups is 1. The second-order valence-electron chi connectivity index (χ2n) is 9.22. The van der Waals surface area contributed by atoms with E-state index >= 15 is 0 Å². The smallest absolute Gasteiger partial charge is 0.273 e. The number of nitrogens with zero attached hydrogens (tertiary/aromatic N) is 2. The van der Waals surface area contributed by atoms with Gasteiger partial charge in [-0.3, -0.25) is 19.7 Å². The lowest BCUT2D eigenvalue weighted by molar-refractivity contribution is -0.385. The predicted octanol–water partition coefficient (Wildman–Crippen LogP) is 5.92. The number of nitro benzene ring substituents is 1. The molecule has 0 aliphatic rings. The molecule has 1 aromatic heterocycles. The molecule has 0 radical (unpaired) electrons. The Kier molecular flexibility index (Phi) is 10.1. The Labute approximate surface area is 235 Å². The van der Waals surface area contributed by atoms with Gasteiger partial charge < -0.3 is 14.5 Å². The van der Waals surface area contributed by atoms with Gasteiger partial charge in [-0.1, -0.05) is 49.2 Å². The van der Waals surface area contributed by atoms with Crippen LogP contribution in [0.5, 0.6) is 5.75 Å². The van der Waals surface area contributed by atoms with Crippen molar-refractivity contribution >= 4 is 46.9 Å². The van der Waals surface area contributed by atoms with Gasteiger partial charge in [0.15, 0.2) is 6.10 Å². The van der Waals surface area contributed by atoms with Gasteiger partial charge >= 0.3 is 0 Å². The maximum Gasteiger partial charge on any atom is 0.273 e. The molecule has 0 saturated carbocycles. The van der Waals surface area contributed by atoms with Crippen molar-refractivity contribution in [3.63, 3.8) is 0 Å². The van der Waals surface area contributed by atoms with E-state index in [9.17, 15) is 19.7 Å². The van der Waals surface area contributed by atoms with Gasteiger partial charge in [0.2, 0.25) is 0 Å². The van der Waals surface area contributed by atoms with Crippen LogP contribution in [0.25, 0.3) is 11.3 Å². The average Bonchev–Trinajstić information content (AvgIpc) is 3.33. The van der Waals surface area contributed by atoms with Gasteiger partial charge in [-0.25, -0.2) is 5.43 Å². The van der Waals surface area contributed by atoms with Crippen molar-refractivity contribution in [2.75, 3.05) is 0 Å². The highest BCUT2D eigenvalue weighted by Gasteiger charge is 2.25. The molecule has 0 unspecified atom stereocenters. The zero-order chi connectivity index (χ0) is 28.7. The second-order valence-corrected chi connectivity index (χ2v) is 10.1. The molecule has 0 bridgehead atoms. The molecular formula is C27H28Cl2N4O6. The topological polar surface area (TPSA) is 136 Å². The van der Waals surface area contributed by atoms with Crippen molar-refractivity contribution in [1.82, 2.24) is 10.7 Å². The molecule has 0 fully saturated rings. The Morgan fingerprint density at radius 2 is 1.85 bits per heavy atom. The summed E-state index contributed by atoms with van der Waals surface area (Å²) in [5, 5.41) is 18.5. The number of ether oxygens (including phenoxy) is 1. The Balaban J connectivity index is 1.63. The average molecular weight is 575 g/mol.